The Morgan fingerprint density at radius 3 is 2.48 bits per heavy atom. The van der Waals surface area contributed by atoms with E-state index in [1.807, 2.05) is 33.0 Å². The number of hydrogen-bond acceptors (Lipinski definition) is 9. The molecule has 44 heavy (non-hydrogen) atoms. The molecule has 11 nitrogen and oxygen atoms in total. The maximum atomic E-state index is 13.8. The normalized spacial score (nSPS) is 15.8. The molecular weight excluding hydrogens is 582 g/mol. The molecule has 0 radical (unpaired) electrons. The van der Waals surface area contributed by atoms with Crippen molar-refractivity contribution in [2.75, 3.05) is 32.0 Å². The minimum atomic E-state index is -0.707. The Morgan fingerprint density at radius 2 is 1.82 bits per heavy atom. The van der Waals surface area contributed by atoms with Gasteiger partial charge in [0.15, 0.2) is 11.5 Å². The molecule has 1 aliphatic carbocycles. The van der Waals surface area contributed by atoms with E-state index in [1.54, 1.807) is 49.9 Å². The van der Waals surface area contributed by atoms with E-state index in [4.69, 9.17) is 14.2 Å². The molecule has 0 bridgehead atoms. The second-order valence-corrected chi connectivity index (χ2v) is 12.3. The van der Waals surface area contributed by atoms with Crippen molar-refractivity contribution >= 4 is 35.1 Å². The summed E-state index contributed by atoms with van der Waals surface area (Å²) < 4.78 is 18.9. The van der Waals surface area contributed by atoms with Gasteiger partial charge in [-0.2, -0.15) is 16.9 Å². The number of fused-ring (bicyclic) bond motifs is 4. The average Bonchev–Trinajstić information content (AvgIpc) is 3.46. The van der Waals surface area contributed by atoms with Crippen molar-refractivity contribution in [3.05, 3.63) is 56.9 Å². The molecule has 0 unspecified atom stereocenters. The van der Waals surface area contributed by atoms with Crippen LogP contribution in [0.3, 0.4) is 0 Å². The van der Waals surface area contributed by atoms with Gasteiger partial charge in [-0.3, -0.25) is 19.1 Å². The zero-order valence-corrected chi connectivity index (χ0v) is 26.9. The summed E-state index contributed by atoms with van der Waals surface area (Å²) in [5, 5.41) is 13.9. The van der Waals surface area contributed by atoms with Crippen LogP contribution in [0.15, 0.2) is 29.1 Å². The molecule has 234 valence electrons. The number of carbonyl (C=O) groups is 2. The molecule has 1 aromatic heterocycles. The van der Waals surface area contributed by atoms with Crippen LogP contribution in [0.5, 0.6) is 17.2 Å². The quantitative estimate of drug-likeness (QED) is 0.318. The number of benzene rings is 1. The third-order valence-corrected chi connectivity index (χ3v) is 9.10. The number of nitrogens with zero attached hydrogens (tertiary/aromatic N) is 2. The standard InChI is InChI=1S/C32H39N5O6S/c1-16(2)28(32(40)35-31-21-14-44-15-24(21)36-37(31)4)34-23-11-9-19-20(13-25(23)39)22(33-17(3)38)10-8-18-12-26(41-5)29(42-6)30(43-7)27(18)19/h9,11-13,16,22,28H,8,10,14-15H2,1-7H3,(H,33,38)(H,34,39)(H,35,40)/t22-,28-/m0/s1. The summed E-state index contributed by atoms with van der Waals surface area (Å²) in [4.78, 5) is 39.7. The SMILES string of the molecule is COc1cc2c(c(OC)c1OC)-c1ccc(N[C@H](C(=O)Nc3c4c(nn3C)CSC4)C(C)C)c(=O)cc1[C@@H](NC(C)=O)CC2. The summed E-state index contributed by atoms with van der Waals surface area (Å²) in [5.74, 6) is 3.13. The smallest absolute Gasteiger partial charge is 0.248 e. The highest BCUT2D eigenvalue weighted by Crippen LogP contribution is 2.50. The maximum absolute atomic E-state index is 13.8. The molecular formula is C32H39N5O6S. The number of amides is 2. The molecule has 0 spiro atoms. The van der Waals surface area contributed by atoms with Crippen molar-refractivity contribution in [3.8, 4) is 28.4 Å². The zero-order chi connectivity index (χ0) is 31.7. The number of ether oxygens (including phenoxy) is 3. The predicted molar refractivity (Wildman–Crippen MR) is 172 cm³/mol. The van der Waals surface area contributed by atoms with Crippen LogP contribution in [0.4, 0.5) is 11.5 Å². The molecule has 5 rings (SSSR count). The van der Waals surface area contributed by atoms with E-state index in [0.717, 1.165) is 33.9 Å². The van der Waals surface area contributed by atoms with E-state index in [1.165, 1.54) is 6.92 Å². The molecule has 2 atom stereocenters. The van der Waals surface area contributed by atoms with Crippen LogP contribution in [0.1, 0.15) is 55.6 Å². The lowest BCUT2D eigenvalue weighted by Gasteiger charge is -2.22. The van der Waals surface area contributed by atoms with Gasteiger partial charge in [0.2, 0.25) is 23.0 Å². The van der Waals surface area contributed by atoms with Gasteiger partial charge in [0.05, 0.1) is 38.8 Å². The van der Waals surface area contributed by atoms with E-state index in [-0.39, 0.29) is 28.8 Å². The lowest BCUT2D eigenvalue weighted by atomic mass is 9.95. The third-order valence-electron chi connectivity index (χ3n) is 8.13. The number of carbonyl (C=O) groups excluding carboxylic acids is 2. The molecule has 1 aliphatic heterocycles. The minimum absolute atomic E-state index is 0.141. The molecule has 0 fully saturated rings. The van der Waals surface area contributed by atoms with Gasteiger partial charge >= 0.3 is 0 Å². The highest BCUT2D eigenvalue weighted by Gasteiger charge is 2.31. The lowest BCUT2D eigenvalue weighted by molar-refractivity contribution is -0.120. The van der Waals surface area contributed by atoms with E-state index in [2.05, 4.69) is 21.0 Å². The van der Waals surface area contributed by atoms with Crippen LogP contribution >= 0.6 is 11.8 Å². The molecule has 0 saturated heterocycles. The van der Waals surface area contributed by atoms with Crippen LogP contribution in [-0.2, 0) is 34.6 Å². The monoisotopic (exact) mass is 621 g/mol. The van der Waals surface area contributed by atoms with Crippen LogP contribution in [0.2, 0.25) is 0 Å². The largest absolute Gasteiger partial charge is 0.493 e. The van der Waals surface area contributed by atoms with E-state index < -0.39 is 12.1 Å². The molecule has 2 aromatic carbocycles. The third kappa shape index (κ3) is 5.82. The Kier molecular flexibility index (Phi) is 9.10. The summed E-state index contributed by atoms with van der Waals surface area (Å²) >= 11 is 1.76. The molecule has 0 saturated carbocycles. The number of hydrogen-bond donors (Lipinski definition) is 3. The lowest BCUT2D eigenvalue weighted by Crippen LogP contribution is -2.40. The second kappa shape index (κ2) is 12.8. The first-order chi connectivity index (χ1) is 21.1. The summed E-state index contributed by atoms with van der Waals surface area (Å²) in [5.41, 5.74) is 5.04. The van der Waals surface area contributed by atoms with Crippen molar-refractivity contribution in [2.24, 2.45) is 13.0 Å². The number of thioether (sulfide) groups is 1. The highest BCUT2D eigenvalue weighted by atomic mass is 32.2. The fraction of sp³-hybridized carbons (Fsp3) is 0.438. The summed E-state index contributed by atoms with van der Waals surface area (Å²) in [7, 11) is 6.49. The van der Waals surface area contributed by atoms with Crippen molar-refractivity contribution in [1.82, 2.24) is 15.1 Å². The van der Waals surface area contributed by atoms with Gasteiger partial charge in [0, 0.05) is 36.6 Å². The summed E-state index contributed by atoms with van der Waals surface area (Å²) in [6.07, 6.45) is 1.15. The average molecular weight is 622 g/mol. The zero-order valence-electron chi connectivity index (χ0n) is 26.1. The molecule has 12 heteroatoms. The number of anilines is 2. The van der Waals surface area contributed by atoms with Gasteiger partial charge in [-0.15, -0.1) is 0 Å². The number of aromatic nitrogens is 2. The van der Waals surface area contributed by atoms with Gasteiger partial charge in [-0.1, -0.05) is 19.9 Å². The van der Waals surface area contributed by atoms with E-state index >= 15 is 0 Å². The van der Waals surface area contributed by atoms with E-state index in [9.17, 15) is 14.4 Å². The summed E-state index contributed by atoms with van der Waals surface area (Å²) in [6.45, 7) is 5.31. The van der Waals surface area contributed by atoms with Gasteiger partial charge in [-0.25, -0.2) is 0 Å². The topological polar surface area (TPSA) is 133 Å². The van der Waals surface area contributed by atoms with Crippen LogP contribution < -0.4 is 35.6 Å². The number of rotatable bonds is 9. The fourth-order valence-electron chi connectivity index (χ4n) is 6.02. The van der Waals surface area contributed by atoms with Gasteiger partial charge < -0.3 is 30.2 Å². The Labute approximate surface area is 261 Å². The molecule has 3 aromatic rings. The van der Waals surface area contributed by atoms with Gasteiger partial charge in [-0.05, 0) is 53.6 Å². The second-order valence-electron chi connectivity index (χ2n) is 11.3. The van der Waals surface area contributed by atoms with Crippen molar-refractivity contribution in [2.45, 2.75) is 57.2 Å². The number of nitrogens with one attached hydrogen (secondary N) is 3. The molecule has 2 amide bonds. The Bertz CT molecular complexity index is 1670. The summed E-state index contributed by atoms with van der Waals surface area (Å²) in [6, 6.07) is 5.85. The first kappa shape index (κ1) is 31.2. The maximum Gasteiger partial charge on any atom is 0.248 e. The first-order valence-electron chi connectivity index (χ1n) is 14.5. The van der Waals surface area contributed by atoms with Crippen molar-refractivity contribution < 1.29 is 23.8 Å². The highest BCUT2D eigenvalue weighted by molar-refractivity contribution is 7.98. The first-order valence-corrected chi connectivity index (χ1v) is 15.7. The fourth-order valence-corrected chi connectivity index (χ4v) is 7.06. The van der Waals surface area contributed by atoms with Crippen LogP contribution in [0.25, 0.3) is 11.1 Å². The molecule has 2 heterocycles. The predicted octanol–water partition coefficient (Wildman–Crippen LogP) is 4.42. The Balaban J connectivity index is 1.60. The Hall–Kier alpha value is -4.19. The van der Waals surface area contributed by atoms with Crippen molar-refractivity contribution in [3.63, 3.8) is 0 Å². The molecule has 3 N–H and O–H groups in total. The van der Waals surface area contributed by atoms with E-state index in [0.29, 0.717) is 47.0 Å². The molecule has 2 aliphatic rings. The minimum Gasteiger partial charge on any atom is -0.493 e. The number of methoxy groups -OCH3 is 3. The van der Waals surface area contributed by atoms with Gasteiger partial charge in [0.1, 0.15) is 11.9 Å². The Morgan fingerprint density at radius 1 is 1.07 bits per heavy atom. The van der Waals surface area contributed by atoms with Crippen molar-refractivity contribution in [1.29, 1.82) is 0 Å². The van der Waals surface area contributed by atoms with Crippen LogP contribution in [-0.4, -0.2) is 49.0 Å². The van der Waals surface area contributed by atoms with Gasteiger partial charge in [0.25, 0.3) is 0 Å². The number of aryl methyl sites for hydroxylation is 2. The van der Waals surface area contributed by atoms with Crippen LogP contribution in [0, 0.1) is 5.92 Å².